The van der Waals surface area contributed by atoms with Crippen molar-refractivity contribution in [1.29, 1.82) is 0 Å². The van der Waals surface area contributed by atoms with Gasteiger partial charge in [0.05, 0.1) is 28.7 Å². The van der Waals surface area contributed by atoms with Gasteiger partial charge in [0.15, 0.2) is 0 Å². The number of halogens is 1. The lowest BCUT2D eigenvalue weighted by atomic mass is 10.1. The molecule has 0 spiro atoms. The van der Waals surface area contributed by atoms with Gasteiger partial charge < -0.3 is 8.98 Å². The van der Waals surface area contributed by atoms with E-state index in [4.69, 9.17) is 16.0 Å². The summed E-state index contributed by atoms with van der Waals surface area (Å²) >= 11 is 6.58. The number of hydrogen-bond acceptors (Lipinski definition) is 5. The van der Waals surface area contributed by atoms with Crippen LogP contribution in [-0.2, 0) is 16.6 Å². The molecule has 0 unspecified atom stereocenters. The lowest BCUT2D eigenvalue weighted by Gasteiger charge is -2.11. The maximum Gasteiger partial charge on any atom is 0.265 e. The Labute approximate surface area is 213 Å². The Bertz CT molecular complexity index is 1710. The summed E-state index contributed by atoms with van der Waals surface area (Å²) in [6, 6.07) is 20.7. The molecule has 0 radical (unpaired) electrons. The molecule has 0 saturated heterocycles. The molecule has 36 heavy (non-hydrogen) atoms. The molecule has 0 bridgehead atoms. The number of carbonyl (C=O) groups is 1. The van der Waals surface area contributed by atoms with Crippen LogP contribution in [0.1, 0.15) is 27.3 Å². The van der Waals surface area contributed by atoms with E-state index in [0.29, 0.717) is 22.6 Å². The number of aryl methyl sites for hydroxylation is 2. The highest BCUT2D eigenvalue weighted by Gasteiger charge is 2.20. The zero-order valence-corrected chi connectivity index (χ0v) is 21.1. The van der Waals surface area contributed by atoms with Gasteiger partial charge in [0.25, 0.3) is 15.9 Å². The third kappa shape index (κ3) is 4.65. The number of fused-ring (bicyclic) bond motifs is 1. The first-order chi connectivity index (χ1) is 17.2. The SMILES string of the molecule is Cc1cccc(S(=O)(=O)NC(=O)c2ccc3nc(C)n(Cc4ccc(-c5ccco5)cc4Cl)c3c2)c1. The average molecular weight is 520 g/mol. The molecule has 9 heteroatoms. The van der Waals surface area contributed by atoms with Gasteiger partial charge in [0, 0.05) is 16.1 Å². The van der Waals surface area contributed by atoms with Crippen molar-refractivity contribution < 1.29 is 17.6 Å². The summed E-state index contributed by atoms with van der Waals surface area (Å²) in [5.74, 6) is 0.745. The van der Waals surface area contributed by atoms with Crippen LogP contribution in [0.25, 0.3) is 22.4 Å². The number of sulfonamides is 1. The molecule has 0 aliphatic carbocycles. The first-order valence-electron chi connectivity index (χ1n) is 11.1. The number of nitrogens with zero attached hydrogens (tertiary/aromatic N) is 2. The van der Waals surface area contributed by atoms with Crippen molar-refractivity contribution in [2.75, 3.05) is 0 Å². The van der Waals surface area contributed by atoms with Gasteiger partial charge in [-0.2, -0.15) is 0 Å². The fraction of sp³-hybridized carbons (Fsp3) is 0.111. The van der Waals surface area contributed by atoms with Gasteiger partial charge in [0.1, 0.15) is 11.6 Å². The van der Waals surface area contributed by atoms with E-state index < -0.39 is 15.9 Å². The molecular weight excluding hydrogens is 498 g/mol. The number of furan rings is 1. The molecule has 2 heterocycles. The molecule has 2 aromatic heterocycles. The Morgan fingerprint density at radius 3 is 2.58 bits per heavy atom. The van der Waals surface area contributed by atoms with Crippen molar-refractivity contribution >= 4 is 38.6 Å². The van der Waals surface area contributed by atoms with Crippen LogP contribution in [0.2, 0.25) is 5.02 Å². The highest BCUT2D eigenvalue weighted by atomic mass is 35.5. The molecule has 182 valence electrons. The minimum Gasteiger partial charge on any atom is -0.464 e. The zero-order valence-electron chi connectivity index (χ0n) is 19.5. The molecule has 0 aliphatic heterocycles. The summed E-state index contributed by atoms with van der Waals surface area (Å²) in [7, 11) is -4.01. The summed E-state index contributed by atoms with van der Waals surface area (Å²) in [5, 5.41) is 0.572. The van der Waals surface area contributed by atoms with Crippen molar-refractivity contribution in [2.24, 2.45) is 0 Å². The molecule has 7 nitrogen and oxygen atoms in total. The summed E-state index contributed by atoms with van der Waals surface area (Å²) < 4.78 is 35.0. The van der Waals surface area contributed by atoms with Gasteiger partial charge in [-0.1, -0.05) is 35.9 Å². The second-order valence-electron chi connectivity index (χ2n) is 8.48. The quantitative estimate of drug-likeness (QED) is 0.309. The van der Waals surface area contributed by atoms with Crippen molar-refractivity contribution in [2.45, 2.75) is 25.3 Å². The van der Waals surface area contributed by atoms with Crippen molar-refractivity contribution in [3.63, 3.8) is 0 Å². The van der Waals surface area contributed by atoms with Crippen molar-refractivity contribution in [3.05, 3.63) is 107 Å². The predicted molar refractivity (Wildman–Crippen MR) is 139 cm³/mol. The molecule has 0 aliphatic rings. The summed E-state index contributed by atoms with van der Waals surface area (Å²) in [4.78, 5) is 17.5. The Kier molecular flexibility index (Phi) is 6.15. The first-order valence-corrected chi connectivity index (χ1v) is 13.0. The predicted octanol–water partition coefficient (Wildman–Crippen LogP) is 5.73. The Morgan fingerprint density at radius 2 is 1.86 bits per heavy atom. The molecule has 0 saturated carbocycles. The van der Waals surface area contributed by atoms with Crippen LogP contribution < -0.4 is 4.72 Å². The fourth-order valence-corrected chi connectivity index (χ4v) is 5.37. The van der Waals surface area contributed by atoms with Crippen LogP contribution in [0.3, 0.4) is 0 Å². The second kappa shape index (κ2) is 9.29. The minimum absolute atomic E-state index is 0.0328. The van der Waals surface area contributed by atoms with E-state index >= 15 is 0 Å². The van der Waals surface area contributed by atoms with E-state index in [-0.39, 0.29) is 10.5 Å². The lowest BCUT2D eigenvalue weighted by Crippen LogP contribution is -2.30. The number of amides is 1. The van der Waals surface area contributed by atoms with Gasteiger partial charge in [-0.3, -0.25) is 4.79 Å². The Morgan fingerprint density at radius 1 is 1.03 bits per heavy atom. The fourth-order valence-electron chi connectivity index (χ4n) is 4.05. The van der Waals surface area contributed by atoms with Crippen LogP contribution in [-0.4, -0.2) is 23.9 Å². The summed E-state index contributed by atoms with van der Waals surface area (Å²) in [5.41, 5.74) is 4.11. The summed E-state index contributed by atoms with van der Waals surface area (Å²) in [6.07, 6.45) is 1.61. The van der Waals surface area contributed by atoms with Gasteiger partial charge in [-0.05, 0) is 73.5 Å². The highest BCUT2D eigenvalue weighted by Crippen LogP contribution is 2.28. The zero-order chi connectivity index (χ0) is 25.4. The topological polar surface area (TPSA) is 94.2 Å². The molecule has 5 aromatic rings. The maximum atomic E-state index is 12.9. The molecular formula is C27H22ClN3O4S. The summed E-state index contributed by atoms with van der Waals surface area (Å²) in [6.45, 7) is 4.08. The number of rotatable bonds is 6. The van der Waals surface area contributed by atoms with Gasteiger partial charge in [-0.15, -0.1) is 0 Å². The first kappa shape index (κ1) is 23.8. The molecule has 1 N–H and O–H groups in total. The van der Waals surface area contributed by atoms with Crippen molar-refractivity contribution in [1.82, 2.24) is 14.3 Å². The van der Waals surface area contributed by atoms with E-state index in [2.05, 4.69) is 9.71 Å². The van der Waals surface area contributed by atoms with E-state index in [1.807, 2.05) is 41.8 Å². The van der Waals surface area contributed by atoms with Crippen LogP contribution in [0.4, 0.5) is 0 Å². The number of imidazole rings is 1. The third-order valence-corrected chi connectivity index (χ3v) is 7.60. The van der Waals surface area contributed by atoms with Crippen molar-refractivity contribution in [3.8, 4) is 11.3 Å². The number of carbonyl (C=O) groups excluding carboxylic acids is 1. The van der Waals surface area contributed by atoms with Crippen LogP contribution in [0, 0.1) is 13.8 Å². The van der Waals surface area contributed by atoms with E-state index in [0.717, 1.165) is 28.3 Å². The molecule has 0 fully saturated rings. The monoisotopic (exact) mass is 519 g/mol. The van der Waals surface area contributed by atoms with Gasteiger partial charge in [0.2, 0.25) is 0 Å². The molecule has 5 rings (SSSR count). The van der Waals surface area contributed by atoms with Crippen LogP contribution in [0.15, 0.2) is 88.4 Å². The number of benzene rings is 3. The second-order valence-corrected chi connectivity index (χ2v) is 10.6. The number of aromatic nitrogens is 2. The van der Waals surface area contributed by atoms with Crippen LogP contribution in [0.5, 0.6) is 0 Å². The third-order valence-electron chi connectivity index (χ3n) is 5.92. The highest BCUT2D eigenvalue weighted by molar-refractivity contribution is 7.90. The smallest absolute Gasteiger partial charge is 0.265 e. The normalized spacial score (nSPS) is 11.6. The Balaban J connectivity index is 1.44. The van der Waals surface area contributed by atoms with E-state index in [1.54, 1.807) is 43.5 Å². The minimum atomic E-state index is -4.01. The largest absolute Gasteiger partial charge is 0.464 e. The van der Waals surface area contributed by atoms with E-state index in [9.17, 15) is 13.2 Å². The maximum absolute atomic E-state index is 12.9. The Hall–Kier alpha value is -3.88. The lowest BCUT2D eigenvalue weighted by molar-refractivity contribution is 0.0981. The number of nitrogens with one attached hydrogen (secondary N) is 1. The molecule has 1 amide bonds. The van der Waals surface area contributed by atoms with Gasteiger partial charge in [-0.25, -0.2) is 18.1 Å². The van der Waals surface area contributed by atoms with Gasteiger partial charge >= 0.3 is 0 Å². The van der Waals surface area contributed by atoms with Crippen LogP contribution >= 0.6 is 11.6 Å². The standard InChI is InChI=1S/C27H22ClN3O4S/c1-17-5-3-6-22(13-17)36(33,34)30-27(32)20-10-11-24-25(15-20)31(18(2)29-24)16-21-9-8-19(14-23(21)28)26-7-4-12-35-26/h3-15H,16H2,1-2H3,(H,30,32). The number of hydrogen-bond donors (Lipinski definition) is 1. The van der Waals surface area contributed by atoms with E-state index in [1.165, 1.54) is 12.1 Å². The molecule has 0 atom stereocenters. The molecule has 3 aromatic carbocycles. The average Bonchev–Trinajstić information content (AvgIpc) is 3.48.